The molecule has 1 amide bonds. The molecule has 2 aromatic carbocycles. The largest absolute Gasteiger partial charge is 0.388 e. The first-order valence-electron chi connectivity index (χ1n) is 12.3. The first-order valence-corrected chi connectivity index (χ1v) is 12.3. The van der Waals surface area contributed by atoms with Gasteiger partial charge in [-0.1, -0.05) is 12.1 Å². The molecule has 0 bridgehead atoms. The molecule has 190 valence electrons. The van der Waals surface area contributed by atoms with E-state index in [0.29, 0.717) is 48.2 Å². The van der Waals surface area contributed by atoms with Crippen molar-refractivity contribution in [1.82, 2.24) is 24.2 Å². The van der Waals surface area contributed by atoms with Gasteiger partial charge in [-0.3, -0.25) is 14.2 Å². The van der Waals surface area contributed by atoms with Crippen LogP contribution >= 0.6 is 0 Å². The molecule has 1 N–H and O–H groups in total. The molecule has 2 aromatic heterocycles. The normalized spacial score (nSPS) is 17.3. The molecule has 37 heavy (non-hydrogen) atoms. The molecule has 2 fully saturated rings. The number of nitrogens with zero attached hydrogens (tertiary/aromatic N) is 5. The van der Waals surface area contributed by atoms with Gasteiger partial charge >= 0.3 is 0 Å². The Labute approximate surface area is 210 Å². The van der Waals surface area contributed by atoms with Gasteiger partial charge in [0.25, 0.3) is 5.56 Å². The summed E-state index contributed by atoms with van der Waals surface area (Å²) in [4.78, 5) is 31.7. The molecule has 1 aliphatic carbocycles. The van der Waals surface area contributed by atoms with Crippen LogP contribution in [0.15, 0.2) is 59.8 Å². The van der Waals surface area contributed by atoms with Crippen LogP contribution < -0.4 is 5.56 Å². The number of amides is 1. The van der Waals surface area contributed by atoms with Crippen molar-refractivity contribution >= 4 is 16.9 Å². The average molecular weight is 506 g/mol. The number of likely N-dealkylation sites (tertiary alicyclic amines) is 1. The monoisotopic (exact) mass is 505 g/mol. The second kappa shape index (κ2) is 8.88. The van der Waals surface area contributed by atoms with Gasteiger partial charge in [-0.15, -0.1) is 0 Å². The third kappa shape index (κ3) is 4.42. The Balaban J connectivity index is 1.21. The van der Waals surface area contributed by atoms with Crippen LogP contribution in [0.5, 0.6) is 0 Å². The number of rotatable bonds is 5. The first-order chi connectivity index (χ1) is 17.8. The van der Waals surface area contributed by atoms with Crippen LogP contribution in [0.2, 0.25) is 0 Å². The van der Waals surface area contributed by atoms with Crippen LogP contribution in [0.3, 0.4) is 0 Å². The van der Waals surface area contributed by atoms with E-state index in [9.17, 15) is 23.5 Å². The second-order valence-corrected chi connectivity index (χ2v) is 9.97. The lowest BCUT2D eigenvalue weighted by Crippen LogP contribution is -2.50. The molecule has 4 aromatic rings. The van der Waals surface area contributed by atoms with Gasteiger partial charge < -0.3 is 10.0 Å². The van der Waals surface area contributed by atoms with Crippen molar-refractivity contribution in [2.45, 2.75) is 37.8 Å². The van der Waals surface area contributed by atoms with Crippen molar-refractivity contribution < 1.29 is 18.7 Å². The zero-order valence-corrected chi connectivity index (χ0v) is 20.0. The Kier molecular flexibility index (Phi) is 5.63. The Morgan fingerprint density at radius 3 is 2.49 bits per heavy atom. The third-order valence-electron chi connectivity index (χ3n) is 7.31. The van der Waals surface area contributed by atoms with Crippen molar-refractivity contribution in [2.75, 3.05) is 13.1 Å². The van der Waals surface area contributed by atoms with Gasteiger partial charge in [-0.05, 0) is 55.5 Å². The maximum atomic E-state index is 14.1. The number of carbonyl (C=O) groups excluding carboxylic acids is 1. The molecule has 2 aliphatic rings. The predicted molar refractivity (Wildman–Crippen MR) is 132 cm³/mol. The topological polar surface area (TPSA) is 93.2 Å². The van der Waals surface area contributed by atoms with Gasteiger partial charge in [0.1, 0.15) is 23.3 Å². The van der Waals surface area contributed by atoms with Crippen molar-refractivity contribution in [3.05, 3.63) is 77.0 Å². The molecule has 0 unspecified atom stereocenters. The summed E-state index contributed by atoms with van der Waals surface area (Å²) < 4.78 is 30.3. The van der Waals surface area contributed by atoms with Crippen LogP contribution in [0.25, 0.3) is 27.8 Å². The summed E-state index contributed by atoms with van der Waals surface area (Å²) in [5.74, 6) is -0.969. The fraction of sp³-hybridized carbons (Fsp3) is 0.333. The summed E-state index contributed by atoms with van der Waals surface area (Å²) >= 11 is 0. The van der Waals surface area contributed by atoms with Gasteiger partial charge in [0, 0.05) is 30.6 Å². The van der Waals surface area contributed by atoms with Crippen molar-refractivity contribution in [3.63, 3.8) is 0 Å². The van der Waals surface area contributed by atoms with E-state index in [4.69, 9.17) is 0 Å². The molecule has 8 nitrogen and oxygen atoms in total. The summed E-state index contributed by atoms with van der Waals surface area (Å²) in [6.07, 6.45) is 5.55. The van der Waals surface area contributed by atoms with E-state index >= 15 is 0 Å². The van der Waals surface area contributed by atoms with Crippen molar-refractivity contribution in [2.24, 2.45) is 5.92 Å². The predicted octanol–water partition coefficient (Wildman–Crippen LogP) is 3.29. The van der Waals surface area contributed by atoms with E-state index in [1.807, 2.05) is 4.90 Å². The van der Waals surface area contributed by atoms with Gasteiger partial charge in [-0.25, -0.2) is 18.4 Å². The molecule has 1 aliphatic heterocycles. The zero-order chi connectivity index (χ0) is 25.7. The molecular formula is C27H25F2N5O3. The van der Waals surface area contributed by atoms with Crippen LogP contribution in [-0.2, 0) is 11.3 Å². The number of aromatic nitrogens is 4. The molecule has 1 saturated carbocycles. The molecule has 0 atom stereocenters. The number of fused-ring (bicyclic) bond motifs is 1. The minimum absolute atomic E-state index is 0.0867. The van der Waals surface area contributed by atoms with Crippen molar-refractivity contribution in [3.8, 4) is 16.8 Å². The summed E-state index contributed by atoms with van der Waals surface area (Å²) in [6, 6.07) is 10.2. The molecule has 0 radical (unpaired) electrons. The van der Waals surface area contributed by atoms with E-state index in [1.54, 1.807) is 24.3 Å². The number of halogens is 2. The Morgan fingerprint density at radius 1 is 1.08 bits per heavy atom. The summed E-state index contributed by atoms with van der Waals surface area (Å²) in [6.45, 7) is 1.04. The quantitative estimate of drug-likeness (QED) is 0.449. The Bertz CT molecular complexity index is 1550. The first kappa shape index (κ1) is 23.5. The highest BCUT2D eigenvalue weighted by Crippen LogP contribution is 2.33. The SMILES string of the molecule is O=C(C1CC1)N1CCC(O)(Cn2cnc3c(cnn3-c3ccc(-c4ccc(F)cc4F)cc3)c2=O)CC1. The van der Waals surface area contributed by atoms with Gasteiger partial charge in [0.2, 0.25) is 5.91 Å². The molecule has 0 spiro atoms. The number of hydrogen-bond donors (Lipinski definition) is 1. The van der Waals surface area contributed by atoms with E-state index in [2.05, 4.69) is 10.1 Å². The number of aliphatic hydroxyl groups is 1. The molecule has 3 heterocycles. The van der Waals surface area contributed by atoms with E-state index in [-0.39, 0.29) is 29.5 Å². The fourth-order valence-electron chi connectivity index (χ4n) is 4.96. The fourth-order valence-corrected chi connectivity index (χ4v) is 4.96. The van der Waals surface area contributed by atoms with E-state index in [1.165, 1.54) is 33.9 Å². The van der Waals surface area contributed by atoms with Crippen LogP contribution in [0.1, 0.15) is 25.7 Å². The number of carbonyl (C=O) groups is 1. The van der Waals surface area contributed by atoms with Crippen LogP contribution in [-0.4, -0.2) is 53.9 Å². The standard InChI is InChI=1S/C27H25F2N5O3/c28-19-5-8-21(23(29)13-19)17-3-6-20(7-4-17)34-24-22(14-31-34)26(36)33(16-30-24)15-27(37)9-11-32(12-10-27)25(35)18-1-2-18/h3-8,13-14,16,18,37H,1-2,9-12,15H2. The highest BCUT2D eigenvalue weighted by molar-refractivity contribution is 5.81. The summed E-state index contributed by atoms with van der Waals surface area (Å²) in [5, 5.41) is 15.8. The van der Waals surface area contributed by atoms with Crippen LogP contribution in [0.4, 0.5) is 8.78 Å². The lowest BCUT2D eigenvalue weighted by molar-refractivity contribution is -0.137. The Hall–Kier alpha value is -3.92. The molecular weight excluding hydrogens is 480 g/mol. The highest BCUT2D eigenvalue weighted by Gasteiger charge is 2.39. The molecule has 10 heteroatoms. The van der Waals surface area contributed by atoms with Gasteiger partial charge in [0.15, 0.2) is 5.65 Å². The lowest BCUT2D eigenvalue weighted by atomic mass is 9.91. The minimum atomic E-state index is -1.10. The number of benzene rings is 2. The second-order valence-electron chi connectivity index (χ2n) is 9.97. The maximum absolute atomic E-state index is 14.1. The highest BCUT2D eigenvalue weighted by atomic mass is 19.1. The molecule has 6 rings (SSSR count). The Morgan fingerprint density at radius 2 is 1.81 bits per heavy atom. The van der Waals surface area contributed by atoms with E-state index < -0.39 is 17.2 Å². The third-order valence-corrected chi connectivity index (χ3v) is 7.31. The lowest BCUT2D eigenvalue weighted by Gasteiger charge is -2.38. The van der Waals surface area contributed by atoms with Gasteiger partial charge in [0.05, 0.1) is 24.0 Å². The average Bonchev–Trinajstić information content (AvgIpc) is 3.65. The van der Waals surface area contributed by atoms with E-state index in [0.717, 1.165) is 18.9 Å². The molecule has 1 saturated heterocycles. The summed E-state index contributed by atoms with van der Waals surface area (Å²) in [5.41, 5.74) is 0.425. The summed E-state index contributed by atoms with van der Waals surface area (Å²) in [7, 11) is 0. The van der Waals surface area contributed by atoms with Gasteiger partial charge in [-0.2, -0.15) is 5.10 Å². The smallest absolute Gasteiger partial charge is 0.264 e. The van der Waals surface area contributed by atoms with Crippen molar-refractivity contribution in [1.29, 1.82) is 0 Å². The number of piperidine rings is 1. The van der Waals surface area contributed by atoms with Crippen LogP contribution in [0, 0.1) is 17.6 Å². The number of hydrogen-bond acceptors (Lipinski definition) is 5. The maximum Gasteiger partial charge on any atom is 0.264 e. The zero-order valence-electron chi connectivity index (χ0n) is 20.0. The minimum Gasteiger partial charge on any atom is -0.388 e.